The van der Waals surface area contributed by atoms with E-state index in [9.17, 15) is 80.2 Å². The second-order valence-electron chi connectivity index (χ2n) is 8.59. The molecular weight excluding hydrogens is 597 g/mol. The second-order valence-corrected chi connectivity index (χ2v) is 8.59. The Morgan fingerprint density at radius 1 is 0.538 bits per heavy atom. The Bertz CT molecular complexity index is 1050. The molecule has 0 aliphatic heterocycles. The van der Waals surface area contributed by atoms with Crippen molar-refractivity contribution in [2.75, 3.05) is 13.2 Å². The number of esters is 3. The first kappa shape index (κ1) is 30.6. The lowest BCUT2D eigenvalue weighted by molar-refractivity contribution is -0.614. The molecule has 4 aliphatic rings. The summed E-state index contributed by atoms with van der Waals surface area (Å²) < 4.78 is 230. The van der Waals surface area contributed by atoms with E-state index in [0.717, 1.165) is 6.92 Å². The molecule has 0 unspecified atom stereocenters. The van der Waals surface area contributed by atoms with E-state index in [-0.39, 0.29) is 5.57 Å². The molecule has 6 nitrogen and oxygen atoms in total. The van der Waals surface area contributed by atoms with Crippen LogP contribution in [0.2, 0.25) is 0 Å². The Balaban J connectivity index is 2.17. The van der Waals surface area contributed by atoms with Crippen LogP contribution in [-0.2, 0) is 28.6 Å². The van der Waals surface area contributed by atoms with Crippen molar-refractivity contribution in [2.24, 2.45) is 0 Å². The van der Waals surface area contributed by atoms with Gasteiger partial charge in [-0.05, 0) is 6.92 Å². The molecule has 0 spiro atoms. The van der Waals surface area contributed by atoms with Crippen LogP contribution < -0.4 is 0 Å². The largest absolute Gasteiger partial charge is 0.451 e. The van der Waals surface area contributed by atoms with Gasteiger partial charge < -0.3 is 14.2 Å². The van der Waals surface area contributed by atoms with Crippen LogP contribution in [-0.4, -0.2) is 89.3 Å². The fourth-order valence-electron chi connectivity index (χ4n) is 4.63. The first-order chi connectivity index (χ1) is 17.1. The van der Waals surface area contributed by atoms with Crippen molar-refractivity contribution in [3.8, 4) is 0 Å². The Morgan fingerprint density at radius 2 is 0.846 bits per heavy atom. The molecule has 39 heavy (non-hydrogen) atoms. The maximum absolute atomic E-state index is 14.9. The maximum Gasteiger partial charge on any atom is 0.345 e. The zero-order chi connectivity index (χ0) is 30.8. The van der Waals surface area contributed by atoms with Crippen molar-refractivity contribution in [1.29, 1.82) is 0 Å². The first-order valence-electron chi connectivity index (χ1n) is 9.65. The van der Waals surface area contributed by atoms with Crippen molar-refractivity contribution >= 4 is 17.9 Å². The van der Waals surface area contributed by atoms with Gasteiger partial charge in [0.15, 0.2) is 13.2 Å². The number of carbonyl (C=O) groups excluding carboxylic acids is 3. The highest BCUT2D eigenvalue weighted by molar-refractivity contribution is 5.88. The lowest BCUT2D eigenvalue weighted by Crippen LogP contribution is -3.10. The van der Waals surface area contributed by atoms with Crippen LogP contribution >= 0.6 is 0 Å². The predicted molar refractivity (Wildman–Crippen MR) is 86.8 cm³/mol. The molecule has 4 rings (SSSR count). The third-order valence-electron chi connectivity index (χ3n) is 6.51. The summed E-state index contributed by atoms with van der Waals surface area (Å²) in [4.78, 5) is 34.3. The van der Waals surface area contributed by atoms with Gasteiger partial charge >= 0.3 is 76.1 Å². The van der Waals surface area contributed by atoms with E-state index in [2.05, 4.69) is 20.8 Å². The Hall–Kier alpha value is -2.90. The number of hydrogen-bond donors (Lipinski definition) is 0. The van der Waals surface area contributed by atoms with Gasteiger partial charge in [0.25, 0.3) is 0 Å². The van der Waals surface area contributed by atoms with E-state index in [0.29, 0.717) is 0 Å². The van der Waals surface area contributed by atoms with Crippen molar-refractivity contribution in [3.63, 3.8) is 0 Å². The van der Waals surface area contributed by atoms with Gasteiger partial charge in [0, 0.05) is 5.57 Å². The number of carbonyl (C=O) groups is 3. The Labute approximate surface area is 204 Å². The van der Waals surface area contributed by atoms with Gasteiger partial charge in [0.05, 0.1) is 0 Å². The molecule has 4 saturated carbocycles. The predicted octanol–water partition coefficient (Wildman–Crippen LogP) is 3.91. The van der Waals surface area contributed by atoms with Gasteiger partial charge in [-0.3, -0.25) is 0 Å². The molecule has 222 valence electrons. The standard InChI is InChI=1S/C18H9F15O6/c1-5(2)8(36)38-3-6(34)37-4-7(35)39-12-16(28,29)9(19)13(22,23)10(20,17(12,30)31)15(26,27)11(21,14(9,24)25)18(12,32)33/h1,3-4H2,2H3. The van der Waals surface area contributed by atoms with Crippen molar-refractivity contribution in [3.05, 3.63) is 12.2 Å². The SMILES string of the molecule is C=C(C)C(=O)OCC(=O)OCC(=O)OC12C(F)(F)C3(F)C(F)(F)C(F)(C(F)(F)C(F)(C3(F)F)C1(F)F)C2(F)F. The summed E-state index contributed by atoms with van der Waals surface area (Å²) in [5.74, 6) is -54.5. The Kier molecular flexibility index (Phi) is 5.84. The van der Waals surface area contributed by atoms with E-state index in [1.54, 1.807) is 0 Å². The topological polar surface area (TPSA) is 78.9 Å². The van der Waals surface area contributed by atoms with Crippen LogP contribution in [0.15, 0.2) is 12.2 Å². The van der Waals surface area contributed by atoms with E-state index in [1.807, 2.05) is 0 Å². The highest BCUT2D eigenvalue weighted by atomic mass is 19.3. The number of ether oxygens (including phenoxy) is 3. The normalized spacial score (nSPS) is 39.0. The third kappa shape index (κ3) is 2.50. The summed E-state index contributed by atoms with van der Waals surface area (Å²) in [7, 11) is 0. The van der Waals surface area contributed by atoms with Gasteiger partial charge in [-0.2, -0.15) is 52.7 Å². The quantitative estimate of drug-likeness (QED) is 0.198. The highest BCUT2D eigenvalue weighted by Gasteiger charge is 3.24. The van der Waals surface area contributed by atoms with Gasteiger partial charge in [0.2, 0.25) is 0 Å². The van der Waals surface area contributed by atoms with E-state index in [4.69, 9.17) is 0 Å². The van der Waals surface area contributed by atoms with Crippen molar-refractivity contribution < 1.29 is 94.5 Å². The summed E-state index contributed by atoms with van der Waals surface area (Å²) in [5.41, 5.74) is -31.6. The lowest BCUT2D eigenvalue weighted by Gasteiger charge is -2.74. The van der Waals surface area contributed by atoms with Gasteiger partial charge in [0.1, 0.15) is 0 Å². The minimum absolute atomic E-state index is 0.360. The van der Waals surface area contributed by atoms with Gasteiger partial charge in [-0.25, -0.2) is 27.6 Å². The smallest absolute Gasteiger partial charge is 0.345 e. The molecule has 0 amide bonds. The van der Waals surface area contributed by atoms with Crippen molar-refractivity contribution in [1.82, 2.24) is 0 Å². The monoisotopic (exact) mass is 606 g/mol. The van der Waals surface area contributed by atoms with Crippen LogP contribution in [0.5, 0.6) is 0 Å². The maximum atomic E-state index is 14.9. The van der Waals surface area contributed by atoms with Crippen LogP contribution in [0.4, 0.5) is 65.9 Å². The summed E-state index contributed by atoms with van der Waals surface area (Å²) >= 11 is 0. The molecule has 0 N–H and O–H groups in total. The number of halogens is 15. The van der Waals surface area contributed by atoms with Crippen molar-refractivity contribution in [2.45, 2.75) is 65.1 Å². The molecular formula is C18H9F15O6. The molecule has 0 aromatic rings. The molecule has 0 aromatic heterocycles. The minimum Gasteiger partial charge on any atom is -0.451 e. The van der Waals surface area contributed by atoms with Crippen LogP contribution in [0.1, 0.15) is 6.92 Å². The molecule has 4 aliphatic carbocycles. The van der Waals surface area contributed by atoms with Crippen LogP contribution in [0.3, 0.4) is 0 Å². The third-order valence-corrected chi connectivity index (χ3v) is 6.51. The molecule has 4 fully saturated rings. The average molecular weight is 606 g/mol. The molecule has 0 heterocycles. The van der Waals surface area contributed by atoms with E-state index >= 15 is 0 Å². The summed E-state index contributed by atoms with van der Waals surface area (Å²) in [5, 5.41) is 0. The molecule has 0 radical (unpaired) electrons. The molecule has 4 bridgehead atoms. The zero-order valence-electron chi connectivity index (χ0n) is 18.2. The molecule has 0 aromatic carbocycles. The zero-order valence-corrected chi connectivity index (χ0v) is 18.2. The van der Waals surface area contributed by atoms with Gasteiger partial charge in [-0.15, -0.1) is 0 Å². The fourth-order valence-corrected chi connectivity index (χ4v) is 4.63. The molecule has 0 atom stereocenters. The Morgan fingerprint density at radius 3 is 1.15 bits per heavy atom. The van der Waals surface area contributed by atoms with Crippen LogP contribution in [0.25, 0.3) is 0 Å². The summed E-state index contributed by atoms with van der Waals surface area (Å²) in [6.07, 6.45) is 0. The number of hydrogen-bond acceptors (Lipinski definition) is 6. The number of alkyl halides is 15. The first-order valence-corrected chi connectivity index (χ1v) is 9.65. The van der Waals surface area contributed by atoms with Gasteiger partial charge in [-0.1, -0.05) is 6.58 Å². The molecule has 0 saturated heterocycles. The fraction of sp³-hybridized carbons (Fsp3) is 0.722. The van der Waals surface area contributed by atoms with Crippen LogP contribution in [0, 0.1) is 0 Å². The summed E-state index contributed by atoms with van der Waals surface area (Å²) in [6.45, 7) is 0.0755. The van der Waals surface area contributed by atoms with E-state index in [1.165, 1.54) is 0 Å². The highest BCUT2D eigenvalue weighted by Crippen LogP contribution is 2.88. The second kappa shape index (κ2) is 7.43. The minimum atomic E-state index is -8.04. The summed E-state index contributed by atoms with van der Waals surface area (Å²) in [6, 6.07) is 0. The average Bonchev–Trinajstić information content (AvgIpc) is 2.78. The molecule has 21 heteroatoms. The lowest BCUT2D eigenvalue weighted by atomic mass is 9.40. The number of rotatable bonds is 6. The van der Waals surface area contributed by atoms with E-state index < -0.39 is 89.3 Å².